The number of nitrogens with one attached hydrogen (secondary N) is 3. The summed E-state index contributed by atoms with van der Waals surface area (Å²) in [5.74, 6) is 0. The largest absolute Gasteiger partial charge is 0.362 e. The van der Waals surface area contributed by atoms with Crippen molar-refractivity contribution in [3.63, 3.8) is 0 Å². The molecular formula is C22H25N3OS. The van der Waals surface area contributed by atoms with E-state index in [1.807, 2.05) is 12.1 Å². The molecular weight excluding hydrogens is 354 g/mol. The number of aromatic amines is 1. The molecule has 0 bridgehead atoms. The molecule has 0 saturated heterocycles. The third kappa shape index (κ3) is 4.74. The number of thiocarbonyl (C=S) groups is 1. The van der Waals surface area contributed by atoms with Gasteiger partial charge in [0.1, 0.15) is 0 Å². The van der Waals surface area contributed by atoms with Gasteiger partial charge in [-0.2, -0.15) is 0 Å². The number of fused-ring (bicyclic) bond motifs is 1. The van der Waals surface area contributed by atoms with Crippen molar-refractivity contribution in [1.29, 1.82) is 0 Å². The van der Waals surface area contributed by atoms with Gasteiger partial charge in [-0.1, -0.05) is 6.07 Å². The zero-order chi connectivity index (χ0) is 19.6. The Kier molecular flexibility index (Phi) is 5.61. The summed E-state index contributed by atoms with van der Waals surface area (Å²) in [5, 5.41) is 8.00. The van der Waals surface area contributed by atoms with Crippen LogP contribution in [0.25, 0.3) is 10.9 Å². The van der Waals surface area contributed by atoms with Gasteiger partial charge in [-0.3, -0.25) is 4.79 Å². The van der Waals surface area contributed by atoms with Crippen LogP contribution in [0.15, 0.2) is 41.2 Å². The fourth-order valence-corrected chi connectivity index (χ4v) is 3.46. The molecule has 0 unspecified atom stereocenters. The van der Waals surface area contributed by atoms with E-state index in [-0.39, 0.29) is 5.56 Å². The molecule has 27 heavy (non-hydrogen) atoms. The van der Waals surface area contributed by atoms with E-state index in [1.165, 1.54) is 22.3 Å². The third-order valence-corrected chi connectivity index (χ3v) is 4.94. The fourth-order valence-electron chi connectivity index (χ4n) is 3.24. The van der Waals surface area contributed by atoms with E-state index in [9.17, 15) is 4.79 Å². The average molecular weight is 380 g/mol. The number of anilines is 1. The van der Waals surface area contributed by atoms with E-state index < -0.39 is 0 Å². The van der Waals surface area contributed by atoms with Gasteiger partial charge >= 0.3 is 0 Å². The van der Waals surface area contributed by atoms with E-state index in [4.69, 9.17) is 12.2 Å². The molecule has 0 aliphatic carbocycles. The van der Waals surface area contributed by atoms with Gasteiger partial charge in [0, 0.05) is 23.3 Å². The standard InChI is InChI=1S/C22H25N3OS/c1-13-7-14(2)9-19(8-13)24-22(27)23-6-5-17-12-18-10-15(3)16(4)11-20(18)25-21(17)26/h7-12H,5-6H2,1-4H3,(H,25,26)(H2,23,24,27). The second-order valence-corrected chi connectivity index (χ2v) is 7.56. The fraction of sp³-hybridized carbons (Fsp3) is 0.273. The number of H-pyrrole nitrogens is 1. The first-order chi connectivity index (χ1) is 12.8. The Morgan fingerprint density at radius 3 is 2.33 bits per heavy atom. The van der Waals surface area contributed by atoms with Crippen molar-refractivity contribution in [2.24, 2.45) is 0 Å². The quantitative estimate of drug-likeness (QED) is 0.592. The Balaban J connectivity index is 1.64. The summed E-state index contributed by atoms with van der Waals surface area (Å²) in [5.41, 5.74) is 7.34. The molecule has 0 amide bonds. The molecule has 4 nitrogen and oxygen atoms in total. The lowest BCUT2D eigenvalue weighted by Gasteiger charge is -2.12. The van der Waals surface area contributed by atoms with E-state index in [1.54, 1.807) is 0 Å². The van der Waals surface area contributed by atoms with Crippen molar-refractivity contribution in [3.05, 3.63) is 74.6 Å². The van der Waals surface area contributed by atoms with Gasteiger partial charge in [0.15, 0.2) is 5.11 Å². The summed E-state index contributed by atoms with van der Waals surface area (Å²) in [6.45, 7) is 8.84. The van der Waals surface area contributed by atoms with Crippen LogP contribution in [0.4, 0.5) is 5.69 Å². The van der Waals surface area contributed by atoms with Crippen LogP contribution in [-0.4, -0.2) is 16.6 Å². The normalized spacial score (nSPS) is 10.8. The Morgan fingerprint density at radius 2 is 1.63 bits per heavy atom. The smallest absolute Gasteiger partial charge is 0.251 e. The van der Waals surface area contributed by atoms with Crippen LogP contribution in [0.5, 0.6) is 0 Å². The topological polar surface area (TPSA) is 56.9 Å². The molecule has 5 heteroatoms. The number of aromatic nitrogens is 1. The molecule has 0 aliphatic rings. The van der Waals surface area contributed by atoms with Crippen molar-refractivity contribution < 1.29 is 0 Å². The van der Waals surface area contributed by atoms with Gasteiger partial charge in [-0.25, -0.2) is 0 Å². The molecule has 1 aromatic heterocycles. The molecule has 0 saturated carbocycles. The first kappa shape index (κ1) is 19.1. The van der Waals surface area contributed by atoms with Crippen LogP contribution < -0.4 is 16.2 Å². The van der Waals surface area contributed by atoms with Crippen LogP contribution in [0.3, 0.4) is 0 Å². The van der Waals surface area contributed by atoms with Crippen molar-refractivity contribution in [1.82, 2.24) is 10.3 Å². The van der Waals surface area contributed by atoms with Crippen molar-refractivity contribution in [2.45, 2.75) is 34.1 Å². The highest BCUT2D eigenvalue weighted by molar-refractivity contribution is 7.80. The highest BCUT2D eigenvalue weighted by Crippen LogP contribution is 2.17. The first-order valence-corrected chi connectivity index (χ1v) is 9.49. The predicted molar refractivity (Wildman–Crippen MR) is 118 cm³/mol. The van der Waals surface area contributed by atoms with Gasteiger partial charge in [0.25, 0.3) is 5.56 Å². The van der Waals surface area contributed by atoms with Gasteiger partial charge in [-0.15, -0.1) is 0 Å². The minimum Gasteiger partial charge on any atom is -0.362 e. The maximum atomic E-state index is 12.3. The molecule has 0 spiro atoms. The van der Waals surface area contributed by atoms with Gasteiger partial charge in [0.05, 0.1) is 0 Å². The van der Waals surface area contributed by atoms with Crippen molar-refractivity contribution >= 4 is 33.9 Å². The van der Waals surface area contributed by atoms with Crippen molar-refractivity contribution in [2.75, 3.05) is 11.9 Å². The molecule has 0 fully saturated rings. The molecule has 3 rings (SSSR count). The number of pyridine rings is 1. The number of aryl methyl sites for hydroxylation is 4. The number of hydrogen-bond donors (Lipinski definition) is 3. The van der Waals surface area contributed by atoms with E-state index >= 15 is 0 Å². The Morgan fingerprint density at radius 1 is 0.963 bits per heavy atom. The molecule has 3 aromatic rings. The van der Waals surface area contributed by atoms with Crippen LogP contribution in [0.2, 0.25) is 0 Å². The average Bonchev–Trinajstić information content (AvgIpc) is 2.56. The molecule has 140 valence electrons. The van der Waals surface area contributed by atoms with E-state index in [2.05, 4.69) is 67.6 Å². The highest BCUT2D eigenvalue weighted by Gasteiger charge is 2.06. The number of benzene rings is 2. The highest BCUT2D eigenvalue weighted by atomic mass is 32.1. The summed E-state index contributed by atoms with van der Waals surface area (Å²) < 4.78 is 0. The second kappa shape index (κ2) is 7.92. The zero-order valence-electron chi connectivity index (χ0n) is 16.2. The molecule has 0 aliphatic heterocycles. The lowest BCUT2D eigenvalue weighted by Crippen LogP contribution is -2.31. The Hall–Kier alpha value is -2.66. The van der Waals surface area contributed by atoms with Gasteiger partial charge in [0.2, 0.25) is 0 Å². The molecule has 3 N–H and O–H groups in total. The maximum absolute atomic E-state index is 12.3. The second-order valence-electron chi connectivity index (χ2n) is 7.15. The van der Waals surface area contributed by atoms with Crippen molar-refractivity contribution in [3.8, 4) is 0 Å². The first-order valence-electron chi connectivity index (χ1n) is 9.08. The summed E-state index contributed by atoms with van der Waals surface area (Å²) in [6, 6.07) is 12.3. The molecule has 1 heterocycles. The van der Waals surface area contributed by atoms with Crippen LogP contribution in [0, 0.1) is 27.7 Å². The Bertz CT molecular complexity index is 1050. The van der Waals surface area contributed by atoms with E-state index in [0.29, 0.717) is 18.1 Å². The Labute approximate surface area is 165 Å². The number of rotatable bonds is 4. The molecule has 2 aromatic carbocycles. The SMILES string of the molecule is Cc1cc(C)cc(NC(=S)NCCc2cc3cc(C)c(C)cc3[nH]c2=O)c1. The number of hydrogen-bond acceptors (Lipinski definition) is 2. The predicted octanol–water partition coefficient (Wildman–Crippen LogP) is 4.29. The third-order valence-electron chi connectivity index (χ3n) is 4.69. The monoisotopic (exact) mass is 379 g/mol. The van der Waals surface area contributed by atoms with Gasteiger partial charge < -0.3 is 15.6 Å². The summed E-state index contributed by atoms with van der Waals surface area (Å²) in [7, 11) is 0. The van der Waals surface area contributed by atoms with Gasteiger partial charge in [-0.05, 0) is 104 Å². The van der Waals surface area contributed by atoms with Crippen LogP contribution in [0.1, 0.15) is 27.8 Å². The lowest BCUT2D eigenvalue weighted by atomic mass is 10.0. The summed E-state index contributed by atoms with van der Waals surface area (Å²) in [6.07, 6.45) is 0.604. The summed E-state index contributed by atoms with van der Waals surface area (Å²) >= 11 is 5.37. The van der Waals surface area contributed by atoms with E-state index in [0.717, 1.165) is 22.2 Å². The van der Waals surface area contributed by atoms with Crippen LogP contribution in [-0.2, 0) is 6.42 Å². The lowest BCUT2D eigenvalue weighted by molar-refractivity contribution is 0.863. The summed E-state index contributed by atoms with van der Waals surface area (Å²) in [4.78, 5) is 15.3. The minimum atomic E-state index is -0.0410. The maximum Gasteiger partial charge on any atom is 0.251 e. The zero-order valence-corrected chi connectivity index (χ0v) is 17.0. The molecule has 0 radical (unpaired) electrons. The molecule has 0 atom stereocenters. The minimum absolute atomic E-state index is 0.0410. The van der Waals surface area contributed by atoms with Crippen LogP contribution >= 0.6 is 12.2 Å².